The van der Waals surface area contributed by atoms with Crippen molar-refractivity contribution in [2.45, 2.75) is 32.7 Å². The summed E-state index contributed by atoms with van der Waals surface area (Å²) in [6, 6.07) is 4.83. The Hall–Kier alpha value is -1.09. The molecule has 0 bridgehead atoms. The normalized spacial score (nSPS) is 19.4. The molecule has 1 heterocycles. The highest BCUT2D eigenvalue weighted by molar-refractivity contribution is 5.55. The fourth-order valence-corrected chi connectivity index (χ4v) is 2.43. The van der Waals surface area contributed by atoms with Crippen LogP contribution in [-0.4, -0.2) is 13.1 Å². The number of halogens is 1. The van der Waals surface area contributed by atoms with Crippen LogP contribution in [0.4, 0.5) is 10.1 Å². The molecule has 2 rings (SSSR count). The minimum atomic E-state index is -0.202. The van der Waals surface area contributed by atoms with E-state index in [2.05, 4.69) is 11.8 Å². The van der Waals surface area contributed by atoms with Crippen LogP contribution in [0.3, 0.4) is 0 Å². The third-order valence-corrected chi connectivity index (χ3v) is 3.60. The summed E-state index contributed by atoms with van der Waals surface area (Å²) in [5.74, 6) is 0.594. The molecule has 1 unspecified atom stereocenters. The molecule has 1 saturated heterocycles. The van der Waals surface area contributed by atoms with Gasteiger partial charge in [-0.25, -0.2) is 4.39 Å². The Morgan fingerprint density at radius 3 is 2.59 bits per heavy atom. The molecule has 0 aliphatic carbocycles. The first-order valence-electron chi connectivity index (χ1n) is 6.38. The van der Waals surface area contributed by atoms with Gasteiger partial charge in [-0.15, -0.1) is 0 Å². The van der Waals surface area contributed by atoms with E-state index in [-0.39, 0.29) is 11.9 Å². The average Bonchev–Trinajstić information content (AvgIpc) is 2.30. The Kier molecular flexibility index (Phi) is 3.67. The van der Waals surface area contributed by atoms with Crippen LogP contribution >= 0.6 is 0 Å². The second-order valence-electron chi connectivity index (χ2n) is 5.16. The molecule has 2 nitrogen and oxygen atoms in total. The largest absolute Gasteiger partial charge is 0.371 e. The van der Waals surface area contributed by atoms with Crippen molar-refractivity contribution in [1.82, 2.24) is 0 Å². The summed E-state index contributed by atoms with van der Waals surface area (Å²) in [7, 11) is 0. The van der Waals surface area contributed by atoms with E-state index < -0.39 is 0 Å². The molecule has 1 fully saturated rings. The summed E-state index contributed by atoms with van der Waals surface area (Å²) in [5, 5.41) is 0. The predicted molar refractivity (Wildman–Crippen MR) is 69.6 cm³/mol. The van der Waals surface area contributed by atoms with Crippen LogP contribution in [0.15, 0.2) is 18.2 Å². The van der Waals surface area contributed by atoms with Gasteiger partial charge in [-0.2, -0.15) is 0 Å². The third-order valence-electron chi connectivity index (χ3n) is 3.60. The van der Waals surface area contributed by atoms with Crippen molar-refractivity contribution in [1.29, 1.82) is 0 Å². The van der Waals surface area contributed by atoms with Crippen molar-refractivity contribution in [2.24, 2.45) is 11.7 Å². The number of hydrogen-bond acceptors (Lipinski definition) is 2. The Bertz CT molecular complexity index is 382. The maximum Gasteiger partial charge on any atom is 0.123 e. The lowest BCUT2D eigenvalue weighted by Gasteiger charge is -2.34. The SMILES string of the molecule is CC1CCN(c2ccc(F)cc2C(C)N)CC1. The van der Waals surface area contributed by atoms with Crippen LogP contribution in [0.5, 0.6) is 0 Å². The number of rotatable bonds is 2. The van der Waals surface area contributed by atoms with Crippen LogP contribution in [0.1, 0.15) is 38.3 Å². The molecule has 2 N–H and O–H groups in total. The van der Waals surface area contributed by atoms with Gasteiger partial charge in [-0.05, 0) is 49.4 Å². The van der Waals surface area contributed by atoms with Crippen LogP contribution in [0, 0.1) is 11.7 Å². The Labute approximate surface area is 103 Å². The number of nitrogens with zero attached hydrogens (tertiary/aromatic N) is 1. The summed E-state index contributed by atoms with van der Waals surface area (Å²) >= 11 is 0. The minimum Gasteiger partial charge on any atom is -0.371 e. The van der Waals surface area contributed by atoms with E-state index in [0.29, 0.717) is 0 Å². The molecular weight excluding hydrogens is 215 g/mol. The molecule has 1 aliphatic rings. The van der Waals surface area contributed by atoms with Gasteiger partial charge < -0.3 is 10.6 Å². The molecule has 0 amide bonds. The monoisotopic (exact) mass is 236 g/mol. The molecule has 1 aromatic carbocycles. The predicted octanol–water partition coefficient (Wildman–Crippen LogP) is 3.08. The van der Waals surface area contributed by atoms with Crippen molar-refractivity contribution in [2.75, 3.05) is 18.0 Å². The highest BCUT2D eigenvalue weighted by atomic mass is 19.1. The smallest absolute Gasteiger partial charge is 0.123 e. The molecule has 1 aliphatic heterocycles. The summed E-state index contributed by atoms with van der Waals surface area (Å²) in [6.07, 6.45) is 2.41. The maximum atomic E-state index is 13.3. The number of benzene rings is 1. The number of nitrogens with two attached hydrogens (primary N) is 1. The van der Waals surface area contributed by atoms with Gasteiger partial charge in [0.05, 0.1) is 0 Å². The van der Waals surface area contributed by atoms with E-state index in [1.165, 1.54) is 18.9 Å². The van der Waals surface area contributed by atoms with E-state index >= 15 is 0 Å². The molecule has 0 radical (unpaired) electrons. The Morgan fingerprint density at radius 2 is 2.00 bits per heavy atom. The van der Waals surface area contributed by atoms with Crippen molar-refractivity contribution < 1.29 is 4.39 Å². The summed E-state index contributed by atoms with van der Waals surface area (Å²) in [5.41, 5.74) is 7.95. The van der Waals surface area contributed by atoms with Gasteiger partial charge in [0.25, 0.3) is 0 Å². The molecule has 94 valence electrons. The van der Waals surface area contributed by atoms with Crippen molar-refractivity contribution in [3.05, 3.63) is 29.6 Å². The van der Waals surface area contributed by atoms with E-state index in [1.54, 1.807) is 6.07 Å². The first-order chi connectivity index (χ1) is 8.08. The first-order valence-corrected chi connectivity index (χ1v) is 6.38. The second kappa shape index (κ2) is 5.05. The first kappa shape index (κ1) is 12.4. The highest BCUT2D eigenvalue weighted by Crippen LogP contribution is 2.29. The lowest BCUT2D eigenvalue weighted by atomic mass is 9.97. The molecular formula is C14H21FN2. The van der Waals surface area contributed by atoms with Gasteiger partial charge in [0.15, 0.2) is 0 Å². The van der Waals surface area contributed by atoms with Gasteiger partial charge in [-0.3, -0.25) is 0 Å². The van der Waals surface area contributed by atoms with E-state index in [1.807, 2.05) is 13.0 Å². The lowest BCUT2D eigenvalue weighted by molar-refractivity contribution is 0.437. The van der Waals surface area contributed by atoms with Gasteiger partial charge in [0.2, 0.25) is 0 Å². The summed E-state index contributed by atoms with van der Waals surface area (Å²) < 4.78 is 13.3. The van der Waals surface area contributed by atoms with Crippen LogP contribution in [0.25, 0.3) is 0 Å². The topological polar surface area (TPSA) is 29.3 Å². The van der Waals surface area contributed by atoms with Gasteiger partial charge >= 0.3 is 0 Å². The lowest BCUT2D eigenvalue weighted by Crippen LogP contribution is -2.34. The molecule has 0 aromatic heterocycles. The van der Waals surface area contributed by atoms with Gasteiger partial charge in [-0.1, -0.05) is 6.92 Å². The van der Waals surface area contributed by atoms with E-state index in [4.69, 9.17) is 5.73 Å². The minimum absolute atomic E-state index is 0.125. The molecule has 3 heteroatoms. The van der Waals surface area contributed by atoms with Crippen molar-refractivity contribution in [3.63, 3.8) is 0 Å². The molecule has 1 aromatic rings. The maximum absolute atomic E-state index is 13.3. The van der Waals surface area contributed by atoms with E-state index in [0.717, 1.165) is 30.3 Å². The Balaban J connectivity index is 2.25. The third kappa shape index (κ3) is 2.78. The van der Waals surface area contributed by atoms with Gasteiger partial charge in [0, 0.05) is 24.8 Å². The highest BCUT2D eigenvalue weighted by Gasteiger charge is 2.19. The molecule has 17 heavy (non-hydrogen) atoms. The fraction of sp³-hybridized carbons (Fsp3) is 0.571. The molecule has 0 spiro atoms. The average molecular weight is 236 g/mol. The zero-order valence-corrected chi connectivity index (χ0v) is 10.6. The fourth-order valence-electron chi connectivity index (χ4n) is 2.43. The van der Waals surface area contributed by atoms with Crippen LogP contribution in [0.2, 0.25) is 0 Å². The Morgan fingerprint density at radius 1 is 1.35 bits per heavy atom. The van der Waals surface area contributed by atoms with Crippen molar-refractivity contribution in [3.8, 4) is 0 Å². The molecule has 1 atom stereocenters. The zero-order valence-electron chi connectivity index (χ0n) is 10.6. The quantitative estimate of drug-likeness (QED) is 0.855. The summed E-state index contributed by atoms with van der Waals surface area (Å²) in [4.78, 5) is 2.33. The zero-order chi connectivity index (χ0) is 12.4. The van der Waals surface area contributed by atoms with Crippen LogP contribution < -0.4 is 10.6 Å². The number of anilines is 1. The van der Waals surface area contributed by atoms with Crippen LogP contribution in [-0.2, 0) is 0 Å². The number of piperidine rings is 1. The number of hydrogen-bond donors (Lipinski definition) is 1. The molecule has 0 saturated carbocycles. The van der Waals surface area contributed by atoms with Crippen molar-refractivity contribution >= 4 is 5.69 Å². The van der Waals surface area contributed by atoms with E-state index in [9.17, 15) is 4.39 Å². The summed E-state index contributed by atoms with van der Waals surface area (Å²) in [6.45, 7) is 6.29. The standard InChI is InChI=1S/C14H21FN2/c1-10-5-7-17(8-6-10)14-4-3-12(15)9-13(14)11(2)16/h3-4,9-11H,5-8,16H2,1-2H3. The van der Waals surface area contributed by atoms with Gasteiger partial charge in [0.1, 0.15) is 5.82 Å². The second-order valence-corrected chi connectivity index (χ2v) is 5.16.